The van der Waals surface area contributed by atoms with Crippen molar-refractivity contribution < 1.29 is 14.4 Å². The maximum atomic E-state index is 12.4. The Morgan fingerprint density at radius 3 is 2.73 bits per heavy atom. The number of carbonyl (C=O) groups excluding carboxylic acids is 1. The van der Waals surface area contributed by atoms with Gasteiger partial charge in [-0.05, 0) is 32.9 Å². The lowest BCUT2D eigenvalue weighted by atomic mass is 10.1. The molecule has 0 saturated heterocycles. The van der Waals surface area contributed by atoms with Crippen LogP contribution >= 0.6 is 11.6 Å². The Morgan fingerprint density at radius 2 is 2.14 bits per heavy atom. The number of aromatic nitrogens is 1. The number of hydrogen-bond acceptors (Lipinski definition) is 4. The molecule has 0 fully saturated rings. The van der Waals surface area contributed by atoms with E-state index in [1.165, 1.54) is 4.90 Å². The third-order valence-electron chi connectivity index (χ3n) is 3.09. The lowest BCUT2D eigenvalue weighted by Gasteiger charge is -2.27. The van der Waals surface area contributed by atoms with E-state index in [2.05, 4.69) is 5.16 Å². The summed E-state index contributed by atoms with van der Waals surface area (Å²) in [6.45, 7) is 5.86. The summed E-state index contributed by atoms with van der Waals surface area (Å²) < 4.78 is 5.23. The summed E-state index contributed by atoms with van der Waals surface area (Å²) in [7, 11) is 0. The largest absolute Gasteiger partial charge is 0.389 e. The minimum absolute atomic E-state index is 0.209. The van der Waals surface area contributed by atoms with Crippen LogP contribution in [0.15, 0.2) is 34.9 Å². The molecule has 1 heterocycles. The van der Waals surface area contributed by atoms with Crippen LogP contribution in [0, 0.1) is 0 Å². The molecule has 0 radical (unpaired) electrons. The molecular weight excluding hydrogens is 304 g/mol. The number of aliphatic hydroxyl groups is 1. The molecule has 0 bridgehead atoms. The van der Waals surface area contributed by atoms with Crippen LogP contribution in [0.3, 0.4) is 0 Å². The third kappa shape index (κ3) is 4.08. The van der Waals surface area contributed by atoms with E-state index in [0.717, 1.165) is 5.56 Å². The molecule has 0 spiro atoms. The normalized spacial score (nSPS) is 11.5. The van der Waals surface area contributed by atoms with Crippen LogP contribution in [0.25, 0.3) is 11.3 Å². The summed E-state index contributed by atoms with van der Waals surface area (Å²) in [4.78, 5) is 14.0. The second-order valence-corrected chi connectivity index (χ2v) is 6.15. The van der Waals surface area contributed by atoms with Crippen molar-refractivity contribution in [3.63, 3.8) is 0 Å². The summed E-state index contributed by atoms with van der Waals surface area (Å²) in [5.74, 6) is 0.201. The highest BCUT2D eigenvalue weighted by molar-refractivity contribution is 6.30. The third-order valence-corrected chi connectivity index (χ3v) is 3.32. The molecule has 1 aromatic carbocycles. The highest BCUT2D eigenvalue weighted by atomic mass is 35.5. The van der Waals surface area contributed by atoms with Gasteiger partial charge >= 0.3 is 0 Å². The number of carbonyl (C=O) groups is 1. The monoisotopic (exact) mass is 322 g/mol. The Labute approximate surface area is 134 Å². The molecule has 2 aromatic rings. The zero-order valence-electron chi connectivity index (χ0n) is 12.8. The summed E-state index contributed by atoms with van der Waals surface area (Å²) in [6, 6.07) is 8.71. The fourth-order valence-corrected chi connectivity index (χ4v) is 2.30. The van der Waals surface area contributed by atoms with E-state index >= 15 is 0 Å². The van der Waals surface area contributed by atoms with E-state index in [1.807, 2.05) is 13.0 Å². The van der Waals surface area contributed by atoms with Gasteiger partial charge in [-0.3, -0.25) is 4.79 Å². The number of benzene rings is 1. The zero-order valence-corrected chi connectivity index (χ0v) is 13.6. The average Bonchev–Trinajstić information content (AvgIpc) is 2.93. The van der Waals surface area contributed by atoms with Gasteiger partial charge in [0.05, 0.1) is 5.60 Å². The van der Waals surface area contributed by atoms with Gasteiger partial charge in [-0.25, -0.2) is 0 Å². The maximum absolute atomic E-state index is 12.4. The average molecular weight is 323 g/mol. The Hall–Kier alpha value is -1.85. The van der Waals surface area contributed by atoms with Gasteiger partial charge in [0.1, 0.15) is 0 Å². The van der Waals surface area contributed by atoms with Crippen LogP contribution in [-0.4, -0.2) is 39.8 Å². The minimum atomic E-state index is -0.967. The number of rotatable bonds is 5. The molecule has 0 atom stereocenters. The fourth-order valence-electron chi connectivity index (χ4n) is 2.11. The molecule has 118 valence electrons. The molecule has 0 aliphatic carbocycles. The van der Waals surface area contributed by atoms with Gasteiger partial charge in [-0.15, -0.1) is 0 Å². The van der Waals surface area contributed by atoms with Gasteiger partial charge in [0.2, 0.25) is 0 Å². The van der Waals surface area contributed by atoms with Crippen molar-refractivity contribution in [2.24, 2.45) is 0 Å². The van der Waals surface area contributed by atoms with Crippen molar-refractivity contribution in [3.8, 4) is 11.3 Å². The van der Waals surface area contributed by atoms with Crippen LogP contribution in [-0.2, 0) is 0 Å². The highest BCUT2D eigenvalue weighted by Gasteiger charge is 2.24. The van der Waals surface area contributed by atoms with Crippen molar-refractivity contribution >= 4 is 17.5 Å². The summed E-state index contributed by atoms with van der Waals surface area (Å²) in [6.07, 6.45) is 0. The van der Waals surface area contributed by atoms with Gasteiger partial charge in [-0.2, -0.15) is 0 Å². The molecule has 5 nitrogen and oxygen atoms in total. The Kier molecular flexibility index (Phi) is 4.88. The standard InChI is InChI=1S/C16H19ClN2O3/c1-4-19(10-16(2,3)21)15(20)13-9-14(22-18-13)11-6-5-7-12(17)8-11/h5-9,21H,4,10H2,1-3H3. The van der Waals surface area contributed by atoms with Crippen LogP contribution in [0.4, 0.5) is 0 Å². The highest BCUT2D eigenvalue weighted by Crippen LogP contribution is 2.24. The predicted octanol–water partition coefficient (Wildman–Crippen LogP) is 3.23. The number of halogens is 1. The first-order chi connectivity index (χ1) is 10.3. The molecule has 0 aliphatic rings. The van der Waals surface area contributed by atoms with Crippen molar-refractivity contribution in [2.45, 2.75) is 26.4 Å². The first-order valence-corrected chi connectivity index (χ1v) is 7.42. The molecule has 0 aliphatic heterocycles. The van der Waals surface area contributed by atoms with Crippen LogP contribution in [0.2, 0.25) is 5.02 Å². The van der Waals surface area contributed by atoms with Gasteiger partial charge in [-0.1, -0.05) is 28.9 Å². The topological polar surface area (TPSA) is 66.6 Å². The lowest BCUT2D eigenvalue weighted by Crippen LogP contribution is -2.42. The van der Waals surface area contributed by atoms with E-state index in [4.69, 9.17) is 16.1 Å². The first-order valence-electron chi connectivity index (χ1n) is 7.04. The van der Waals surface area contributed by atoms with Crippen molar-refractivity contribution in [2.75, 3.05) is 13.1 Å². The summed E-state index contributed by atoms with van der Waals surface area (Å²) in [5, 5.41) is 14.3. The van der Waals surface area contributed by atoms with E-state index in [-0.39, 0.29) is 18.1 Å². The smallest absolute Gasteiger partial charge is 0.276 e. The van der Waals surface area contributed by atoms with Gasteiger partial charge in [0.25, 0.3) is 5.91 Å². The Balaban J connectivity index is 2.21. The molecular formula is C16H19ClN2O3. The van der Waals surface area contributed by atoms with Crippen molar-refractivity contribution in [1.82, 2.24) is 10.1 Å². The summed E-state index contributed by atoms with van der Waals surface area (Å²) >= 11 is 5.94. The van der Waals surface area contributed by atoms with Crippen LogP contribution < -0.4 is 0 Å². The number of amides is 1. The van der Waals surface area contributed by atoms with Crippen molar-refractivity contribution in [1.29, 1.82) is 0 Å². The lowest BCUT2D eigenvalue weighted by molar-refractivity contribution is 0.0309. The van der Waals surface area contributed by atoms with Gasteiger partial charge in [0, 0.05) is 29.7 Å². The molecule has 22 heavy (non-hydrogen) atoms. The van der Waals surface area contributed by atoms with Crippen LogP contribution in [0.1, 0.15) is 31.3 Å². The summed E-state index contributed by atoms with van der Waals surface area (Å²) in [5.41, 5.74) is -0.00350. The molecule has 1 N–H and O–H groups in total. The SMILES string of the molecule is CCN(CC(C)(C)O)C(=O)c1cc(-c2cccc(Cl)c2)on1. The first kappa shape index (κ1) is 16.5. The fraction of sp³-hybridized carbons (Fsp3) is 0.375. The molecule has 1 aromatic heterocycles. The zero-order chi connectivity index (χ0) is 16.3. The minimum Gasteiger partial charge on any atom is -0.389 e. The second kappa shape index (κ2) is 6.50. The predicted molar refractivity (Wildman–Crippen MR) is 84.8 cm³/mol. The van der Waals surface area contributed by atoms with Crippen molar-refractivity contribution in [3.05, 3.63) is 41.0 Å². The Morgan fingerprint density at radius 1 is 1.41 bits per heavy atom. The molecule has 0 unspecified atom stereocenters. The maximum Gasteiger partial charge on any atom is 0.276 e. The molecule has 2 rings (SSSR count). The van der Waals surface area contributed by atoms with E-state index in [1.54, 1.807) is 38.1 Å². The van der Waals surface area contributed by atoms with Gasteiger partial charge < -0.3 is 14.5 Å². The Bertz CT molecular complexity index is 661. The number of hydrogen-bond donors (Lipinski definition) is 1. The second-order valence-electron chi connectivity index (χ2n) is 5.72. The van der Waals surface area contributed by atoms with Gasteiger partial charge in [0.15, 0.2) is 11.5 Å². The molecule has 6 heteroatoms. The number of nitrogens with zero attached hydrogens (tertiary/aromatic N) is 2. The molecule has 0 saturated carbocycles. The number of likely N-dealkylation sites (N-methyl/N-ethyl adjacent to an activating group) is 1. The van der Waals surface area contributed by atoms with E-state index < -0.39 is 5.60 Å². The van der Waals surface area contributed by atoms with Crippen LogP contribution in [0.5, 0.6) is 0 Å². The van der Waals surface area contributed by atoms with E-state index in [9.17, 15) is 9.90 Å². The van der Waals surface area contributed by atoms with E-state index in [0.29, 0.717) is 17.3 Å². The molecule has 1 amide bonds. The quantitative estimate of drug-likeness (QED) is 0.917.